The number of hydrogen-bond donors (Lipinski definition) is 1. The van der Waals surface area contributed by atoms with E-state index in [4.69, 9.17) is 0 Å². The highest BCUT2D eigenvalue weighted by Gasteiger charge is 2.30. The molecule has 0 saturated heterocycles. The molecule has 0 bridgehead atoms. The zero-order chi connectivity index (χ0) is 18.8. The summed E-state index contributed by atoms with van der Waals surface area (Å²) in [4.78, 5) is 12.9. The van der Waals surface area contributed by atoms with E-state index >= 15 is 0 Å². The molecule has 1 saturated carbocycles. The summed E-state index contributed by atoms with van der Waals surface area (Å²) in [6.45, 7) is 1.93. The van der Waals surface area contributed by atoms with Crippen molar-refractivity contribution in [1.82, 2.24) is 15.1 Å². The van der Waals surface area contributed by atoms with Crippen LogP contribution in [0, 0.1) is 12.7 Å². The van der Waals surface area contributed by atoms with E-state index in [1.807, 2.05) is 48.0 Å². The highest BCUT2D eigenvalue weighted by Crippen LogP contribution is 2.37. The number of hydrogen-bond acceptors (Lipinski definition) is 3. The maximum Gasteiger partial charge on any atom is 0.238 e. The van der Waals surface area contributed by atoms with Crippen LogP contribution in [0.25, 0.3) is 5.69 Å². The van der Waals surface area contributed by atoms with Crippen LogP contribution in [-0.2, 0) is 4.79 Å². The number of aromatic nitrogens is 2. The Kier molecular flexibility index (Phi) is 4.99. The fourth-order valence-electron chi connectivity index (χ4n) is 2.85. The van der Waals surface area contributed by atoms with Crippen molar-refractivity contribution in [2.24, 2.45) is 0 Å². The number of rotatable bonds is 6. The number of nitrogens with zero attached hydrogens (tertiary/aromatic N) is 2. The molecule has 3 aromatic rings. The number of para-hydroxylation sites is 1. The standard InChI is InChI=1S/C21H20FN3OS/c1-14-13-19(25(24-14)18-5-3-2-4-6-18)27-20(21(26)23-17-11-12-17)15-7-9-16(22)10-8-15/h2-10,13,17,20H,11-12H2,1H3,(H,23,26)/t20-/m0/s1. The molecule has 0 aliphatic heterocycles. The van der Waals surface area contributed by atoms with Gasteiger partial charge in [-0.25, -0.2) is 9.07 Å². The molecule has 1 N–H and O–H groups in total. The second-order valence-electron chi connectivity index (χ2n) is 6.70. The molecule has 1 fully saturated rings. The van der Waals surface area contributed by atoms with Crippen LogP contribution in [0.5, 0.6) is 0 Å². The Morgan fingerprint density at radius 2 is 1.89 bits per heavy atom. The van der Waals surface area contributed by atoms with Crippen LogP contribution in [-0.4, -0.2) is 21.7 Å². The van der Waals surface area contributed by atoms with Gasteiger partial charge >= 0.3 is 0 Å². The third-order valence-electron chi connectivity index (χ3n) is 4.37. The molecule has 1 aliphatic carbocycles. The average molecular weight is 381 g/mol. The molecule has 2 aromatic carbocycles. The smallest absolute Gasteiger partial charge is 0.238 e. The lowest BCUT2D eigenvalue weighted by Crippen LogP contribution is -2.29. The minimum absolute atomic E-state index is 0.0485. The van der Waals surface area contributed by atoms with Crippen LogP contribution in [0.15, 0.2) is 65.7 Å². The van der Waals surface area contributed by atoms with Gasteiger partial charge in [-0.05, 0) is 55.7 Å². The number of aryl methyl sites for hydroxylation is 1. The van der Waals surface area contributed by atoms with Crippen molar-refractivity contribution in [3.63, 3.8) is 0 Å². The Morgan fingerprint density at radius 3 is 2.56 bits per heavy atom. The van der Waals surface area contributed by atoms with Crippen LogP contribution in [0.2, 0.25) is 0 Å². The van der Waals surface area contributed by atoms with Gasteiger partial charge in [0.25, 0.3) is 0 Å². The summed E-state index contributed by atoms with van der Waals surface area (Å²) in [5.41, 5.74) is 2.59. The largest absolute Gasteiger partial charge is 0.352 e. The number of amides is 1. The number of carbonyl (C=O) groups excluding carboxylic acids is 1. The van der Waals surface area contributed by atoms with Gasteiger partial charge < -0.3 is 5.32 Å². The first-order valence-electron chi connectivity index (χ1n) is 8.95. The van der Waals surface area contributed by atoms with Gasteiger partial charge in [0.15, 0.2) is 0 Å². The number of halogens is 1. The maximum atomic E-state index is 13.4. The van der Waals surface area contributed by atoms with Crippen molar-refractivity contribution in [3.05, 3.63) is 77.7 Å². The van der Waals surface area contributed by atoms with E-state index in [1.54, 1.807) is 12.1 Å². The molecule has 1 amide bonds. The molecule has 0 spiro atoms. The fourth-order valence-corrected chi connectivity index (χ4v) is 4.04. The van der Waals surface area contributed by atoms with Crippen molar-refractivity contribution in [2.45, 2.75) is 36.1 Å². The van der Waals surface area contributed by atoms with Crippen LogP contribution in [0.4, 0.5) is 4.39 Å². The molecule has 27 heavy (non-hydrogen) atoms. The van der Waals surface area contributed by atoms with E-state index in [2.05, 4.69) is 10.4 Å². The summed E-state index contributed by atoms with van der Waals surface area (Å²) >= 11 is 1.43. The molecule has 0 radical (unpaired) electrons. The van der Waals surface area contributed by atoms with Gasteiger partial charge in [0.05, 0.1) is 11.4 Å². The molecular formula is C21H20FN3OS. The molecule has 0 unspecified atom stereocenters. The first kappa shape index (κ1) is 17.8. The zero-order valence-electron chi connectivity index (χ0n) is 14.9. The lowest BCUT2D eigenvalue weighted by molar-refractivity contribution is -0.120. The van der Waals surface area contributed by atoms with Gasteiger partial charge in [0.2, 0.25) is 5.91 Å². The summed E-state index contributed by atoms with van der Waals surface area (Å²) in [5.74, 6) is -0.358. The van der Waals surface area contributed by atoms with E-state index in [0.29, 0.717) is 0 Å². The highest BCUT2D eigenvalue weighted by atomic mass is 32.2. The van der Waals surface area contributed by atoms with Gasteiger partial charge in [-0.2, -0.15) is 5.10 Å². The minimum Gasteiger partial charge on any atom is -0.352 e. The van der Waals surface area contributed by atoms with E-state index in [0.717, 1.165) is 34.8 Å². The van der Waals surface area contributed by atoms with Crippen LogP contribution in [0.3, 0.4) is 0 Å². The van der Waals surface area contributed by atoms with Gasteiger partial charge in [-0.1, -0.05) is 42.1 Å². The number of nitrogens with one attached hydrogen (secondary N) is 1. The topological polar surface area (TPSA) is 46.9 Å². The first-order valence-corrected chi connectivity index (χ1v) is 9.83. The summed E-state index contributed by atoms with van der Waals surface area (Å²) in [7, 11) is 0. The molecule has 1 aliphatic rings. The Balaban J connectivity index is 1.67. The van der Waals surface area contributed by atoms with Gasteiger partial charge in [-0.3, -0.25) is 4.79 Å². The summed E-state index contributed by atoms with van der Waals surface area (Å²) in [6, 6.07) is 18.2. The highest BCUT2D eigenvalue weighted by molar-refractivity contribution is 8.00. The lowest BCUT2D eigenvalue weighted by Gasteiger charge is -2.17. The van der Waals surface area contributed by atoms with Crippen molar-refractivity contribution >= 4 is 17.7 Å². The summed E-state index contributed by atoms with van der Waals surface area (Å²) in [5, 5.41) is 8.05. The SMILES string of the molecule is Cc1cc(S[C@H](C(=O)NC2CC2)c2ccc(F)cc2)n(-c2ccccc2)n1. The normalized spacial score (nSPS) is 14.7. The molecule has 1 heterocycles. The van der Waals surface area contributed by atoms with E-state index < -0.39 is 5.25 Å². The van der Waals surface area contributed by atoms with Gasteiger partial charge in [-0.15, -0.1) is 0 Å². The van der Waals surface area contributed by atoms with E-state index in [-0.39, 0.29) is 17.8 Å². The Labute approximate surface area is 161 Å². The zero-order valence-corrected chi connectivity index (χ0v) is 15.7. The Bertz CT molecular complexity index is 936. The molecule has 1 aromatic heterocycles. The van der Waals surface area contributed by atoms with Gasteiger partial charge in [0, 0.05) is 6.04 Å². The number of thioether (sulfide) groups is 1. The number of benzene rings is 2. The summed E-state index contributed by atoms with van der Waals surface area (Å²) < 4.78 is 15.2. The molecule has 4 rings (SSSR count). The summed E-state index contributed by atoms with van der Waals surface area (Å²) in [6.07, 6.45) is 2.04. The Hall–Kier alpha value is -2.60. The quantitative estimate of drug-likeness (QED) is 0.643. The molecule has 6 heteroatoms. The second kappa shape index (κ2) is 7.56. The van der Waals surface area contributed by atoms with E-state index in [1.165, 1.54) is 23.9 Å². The molecule has 138 valence electrons. The first-order chi connectivity index (χ1) is 13.1. The minimum atomic E-state index is -0.468. The Morgan fingerprint density at radius 1 is 1.19 bits per heavy atom. The molecule has 1 atom stereocenters. The van der Waals surface area contributed by atoms with Crippen LogP contribution >= 0.6 is 11.8 Å². The van der Waals surface area contributed by atoms with Crippen molar-refractivity contribution in [2.75, 3.05) is 0 Å². The van der Waals surface area contributed by atoms with Crippen molar-refractivity contribution in [3.8, 4) is 5.69 Å². The third-order valence-corrected chi connectivity index (χ3v) is 5.63. The predicted molar refractivity (Wildman–Crippen MR) is 104 cm³/mol. The predicted octanol–water partition coefficient (Wildman–Crippen LogP) is 4.43. The third kappa shape index (κ3) is 4.22. The van der Waals surface area contributed by atoms with E-state index in [9.17, 15) is 9.18 Å². The fraction of sp³-hybridized carbons (Fsp3) is 0.238. The molecule has 4 nitrogen and oxygen atoms in total. The van der Waals surface area contributed by atoms with Crippen molar-refractivity contribution < 1.29 is 9.18 Å². The van der Waals surface area contributed by atoms with Crippen molar-refractivity contribution in [1.29, 1.82) is 0 Å². The maximum absolute atomic E-state index is 13.4. The van der Waals surface area contributed by atoms with Crippen LogP contribution < -0.4 is 5.32 Å². The van der Waals surface area contributed by atoms with Gasteiger partial charge in [0.1, 0.15) is 16.1 Å². The second-order valence-corrected chi connectivity index (χ2v) is 7.83. The van der Waals surface area contributed by atoms with Crippen LogP contribution in [0.1, 0.15) is 29.3 Å². The monoisotopic (exact) mass is 381 g/mol. The molecular weight excluding hydrogens is 361 g/mol. The lowest BCUT2D eigenvalue weighted by atomic mass is 10.1. The average Bonchev–Trinajstić information content (AvgIpc) is 3.41. The number of carbonyl (C=O) groups is 1.